The quantitative estimate of drug-likeness (QED) is 0.812. The minimum atomic E-state index is 0.244. The van der Waals surface area contributed by atoms with Crippen molar-refractivity contribution in [1.29, 1.82) is 0 Å². The Labute approximate surface area is 104 Å². The Morgan fingerprint density at radius 3 is 2.59 bits per heavy atom. The summed E-state index contributed by atoms with van der Waals surface area (Å²) in [6.45, 7) is 11.2. The van der Waals surface area contributed by atoms with Gasteiger partial charge in [0.05, 0.1) is 5.69 Å². The van der Waals surface area contributed by atoms with Crippen molar-refractivity contribution in [3.8, 4) is 0 Å². The molecule has 2 heterocycles. The summed E-state index contributed by atoms with van der Waals surface area (Å²) in [6.07, 6.45) is 3.24. The van der Waals surface area contributed by atoms with E-state index >= 15 is 0 Å². The Morgan fingerprint density at radius 1 is 1.35 bits per heavy atom. The first-order valence-electron chi connectivity index (χ1n) is 6.63. The summed E-state index contributed by atoms with van der Waals surface area (Å²) in [6, 6.07) is 0.495. The molecule has 1 aromatic rings. The number of fused-ring (bicyclic) bond motifs is 1. The molecule has 1 aliphatic heterocycles. The lowest BCUT2D eigenvalue weighted by molar-refractivity contribution is 0.346. The number of nitrogens with zero attached hydrogens (tertiary/aromatic N) is 2. The van der Waals surface area contributed by atoms with Crippen LogP contribution in [0.2, 0.25) is 0 Å². The second-order valence-corrected chi connectivity index (χ2v) is 6.86. The van der Waals surface area contributed by atoms with Crippen molar-refractivity contribution in [3.05, 3.63) is 11.5 Å². The molecule has 2 rings (SSSR count). The van der Waals surface area contributed by atoms with E-state index in [2.05, 4.69) is 39.2 Å². The molecule has 2 unspecified atom stereocenters. The van der Waals surface area contributed by atoms with E-state index in [0.717, 1.165) is 30.3 Å². The molecule has 0 saturated heterocycles. The van der Waals surface area contributed by atoms with Gasteiger partial charge in [-0.25, -0.2) is 4.98 Å². The molecule has 1 aliphatic rings. The van der Waals surface area contributed by atoms with Crippen molar-refractivity contribution in [2.45, 2.75) is 59.9 Å². The average molecular weight is 235 g/mol. The van der Waals surface area contributed by atoms with Gasteiger partial charge in [-0.1, -0.05) is 27.7 Å². The SMILES string of the molecule is CC1Cc2nc(CC(C)(C)C)c(N)n2C(C)C1. The minimum absolute atomic E-state index is 0.244. The number of hydrogen-bond donors (Lipinski definition) is 1. The highest BCUT2D eigenvalue weighted by atomic mass is 15.2. The van der Waals surface area contributed by atoms with E-state index in [0.29, 0.717) is 6.04 Å². The third kappa shape index (κ3) is 2.48. The molecule has 2 atom stereocenters. The largest absolute Gasteiger partial charge is 0.384 e. The van der Waals surface area contributed by atoms with E-state index in [1.54, 1.807) is 0 Å². The van der Waals surface area contributed by atoms with E-state index < -0.39 is 0 Å². The lowest BCUT2D eigenvalue weighted by Gasteiger charge is -2.27. The Morgan fingerprint density at radius 2 is 2.00 bits per heavy atom. The summed E-state index contributed by atoms with van der Waals surface area (Å²) in [5.74, 6) is 2.81. The predicted molar refractivity (Wildman–Crippen MR) is 72.0 cm³/mol. The van der Waals surface area contributed by atoms with Gasteiger partial charge < -0.3 is 10.3 Å². The summed E-state index contributed by atoms with van der Waals surface area (Å²) >= 11 is 0. The summed E-state index contributed by atoms with van der Waals surface area (Å²) in [4.78, 5) is 4.77. The lowest BCUT2D eigenvalue weighted by Crippen LogP contribution is -2.22. The fraction of sp³-hybridized carbons (Fsp3) is 0.786. The molecule has 0 saturated carbocycles. The normalized spacial score (nSPS) is 24.8. The van der Waals surface area contributed by atoms with E-state index in [1.165, 1.54) is 12.2 Å². The molecular weight excluding hydrogens is 210 g/mol. The van der Waals surface area contributed by atoms with Crippen molar-refractivity contribution in [2.75, 3.05) is 5.73 Å². The molecule has 17 heavy (non-hydrogen) atoms. The minimum Gasteiger partial charge on any atom is -0.384 e. The molecule has 0 aromatic carbocycles. The summed E-state index contributed by atoms with van der Waals surface area (Å²) in [5, 5.41) is 0. The molecule has 1 aromatic heterocycles. The lowest BCUT2D eigenvalue weighted by atomic mass is 9.90. The van der Waals surface area contributed by atoms with Gasteiger partial charge in [0.1, 0.15) is 11.6 Å². The van der Waals surface area contributed by atoms with Crippen LogP contribution >= 0.6 is 0 Å². The number of nitrogen functional groups attached to an aromatic ring is 1. The van der Waals surface area contributed by atoms with Crippen LogP contribution in [-0.4, -0.2) is 9.55 Å². The Hall–Kier alpha value is -0.990. The Kier molecular flexibility index (Phi) is 2.96. The van der Waals surface area contributed by atoms with E-state index in [9.17, 15) is 0 Å². The van der Waals surface area contributed by atoms with Gasteiger partial charge in [-0.3, -0.25) is 0 Å². The third-order valence-corrected chi connectivity index (χ3v) is 3.51. The number of nitrogens with two attached hydrogens (primary N) is 1. The number of rotatable bonds is 1. The molecule has 0 fully saturated rings. The summed E-state index contributed by atoms with van der Waals surface area (Å²) < 4.78 is 2.25. The van der Waals surface area contributed by atoms with Crippen LogP contribution in [0.5, 0.6) is 0 Å². The van der Waals surface area contributed by atoms with Crippen LogP contribution in [0.1, 0.15) is 58.6 Å². The zero-order chi connectivity index (χ0) is 12.8. The van der Waals surface area contributed by atoms with E-state index in [-0.39, 0.29) is 5.41 Å². The first-order chi connectivity index (χ1) is 7.78. The molecule has 0 amide bonds. The molecule has 2 N–H and O–H groups in total. The Balaban J connectivity index is 2.36. The number of hydrogen-bond acceptors (Lipinski definition) is 2. The van der Waals surface area contributed by atoms with Gasteiger partial charge in [0, 0.05) is 12.5 Å². The van der Waals surface area contributed by atoms with Crippen molar-refractivity contribution < 1.29 is 0 Å². The summed E-state index contributed by atoms with van der Waals surface area (Å²) in [7, 11) is 0. The topological polar surface area (TPSA) is 43.8 Å². The molecule has 0 aliphatic carbocycles. The second-order valence-electron chi connectivity index (χ2n) is 6.86. The van der Waals surface area contributed by atoms with Crippen LogP contribution in [0, 0.1) is 11.3 Å². The molecule has 3 heteroatoms. The predicted octanol–water partition coefficient (Wildman–Crippen LogP) is 3.20. The van der Waals surface area contributed by atoms with Gasteiger partial charge in [-0.05, 0) is 31.1 Å². The smallest absolute Gasteiger partial charge is 0.127 e. The van der Waals surface area contributed by atoms with Crippen LogP contribution in [0.25, 0.3) is 0 Å². The maximum absolute atomic E-state index is 6.27. The molecule has 0 bridgehead atoms. The fourth-order valence-electron chi connectivity index (χ4n) is 2.90. The zero-order valence-electron chi connectivity index (χ0n) is 11.7. The maximum atomic E-state index is 6.27. The number of aromatic nitrogens is 2. The van der Waals surface area contributed by atoms with Gasteiger partial charge in [-0.2, -0.15) is 0 Å². The molecule has 96 valence electrons. The van der Waals surface area contributed by atoms with Crippen molar-refractivity contribution in [1.82, 2.24) is 9.55 Å². The highest BCUT2D eigenvalue weighted by molar-refractivity contribution is 5.40. The highest BCUT2D eigenvalue weighted by Gasteiger charge is 2.27. The van der Waals surface area contributed by atoms with E-state index in [1.807, 2.05) is 0 Å². The second kappa shape index (κ2) is 4.04. The number of anilines is 1. The van der Waals surface area contributed by atoms with Crippen LogP contribution < -0.4 is 5.73 Å². The van der Waals surface area contributed by atoms with Crippen molar-refractivity contribution >= 4 is 5.82 Å². The zero-order valence-corrected chi connectivity index (χ0v) is 11.7. The van der Waals surface area contributed by atoms with Crippen LogP contribution in [-0.2, 0) is 12.8 Å². The first kappa shape index (κ1) is 12.5. The maximum Gasteiger partial charge on any atom is 0.127 e. The van der Waals surface area contributed by atoms with Crippen LogP contribution in [0.3, 0.4) is 0 Å². The van der Waals surface area contributed by atoms with Gasteiger partial charge >= 0.3 is 0 Å². The van der Waals surface area contributed by atoms with Crippen LogP contribution in [0.15, 0.2) is 0 Å². The van der Waals surface area contributed by atoms with Crippen molar-refractivity contribution in [2.24, 2.45) is 11.3 Å². The molecule has 0 spiro atoms. The van der Waals surface area contributed by atoms with Gasteiger partial charge in [-0.15, -0.1) is 0 Å². The first-order valence-corrected chi connectivity index (χ1v) is 6.63. The summed E-state index contributed by atoms with van der Waals surface area (Å²) in [5.41, 5.74) is 7.60. The van der Waals surface area contributed by atoms with Gasteiger partial charge in [0.15, 0.2) is 0 Å². The molecular formula is C14H25N3. The van der Waals surface area contributed by atoms with Gasteiger partial charge in [0.2, 0.25) is 0 Å². The fourth-order valence-corrected chi connectivity index (χ4v) is 2.90. The van der Waals surface area contributed by atoms with E-state index in [4.69, 9.17) is 10.7 Å². The third-order valence-electron chi connectivity index (χ3n) is 3.51. The number of imidazole rings is 1. The molecule has 3 nitrogen and oxygen atoms in total. The average Bonchev–Trinajstić information content (AvgIpc) is 2.39. The highest BCUT2D eigenvalue weighted by Crippen LogP contribution is 2.34. The van der Waals surface area contributed by atoms with Crippen molar-refractivity contribution in [3.63, 3.8) is 0 Å². The van der Waals surface area contributed by atoms with Gasteiger partial charge in [0.25, 0.3) is 0 Å². The van der Waals surface area contributed by atoms with Crippen LogP contribution in [0.4, 0.5) is 5.82 Å². The monoisotopic (exact) mass is 235 g/mol. The standard InChI is InChI=1S/C14H25N3/c1-9-6-10(2)17-12(7-9)16-11(13(17)15)8-14(3,4)5/h9-10H,6-8,15H2,1-5H3. The molecule has 0 radical (unpaired) electrons. The Bertz CT molecular complexity index is 412.